The number of fused-ring (bicyclic) bond motifs is 1. The van der Waals surface area contributed by atoms with Crippen LogP contribution < -0.4 is 0 Å². The summed E-state index contributed by atoms with van der Waals surface area (Å²) in [5, 5.41) is 0. The first-order valence-electron chi connectivity index (χ1n) is 5.94. The predicted molar refractivity (Wildman–Crippen MR) is 65.6 cm³/mol. The van der Waals surface area contributed by atoms with E-state index in [4.69, 9.17) is 4.74 Å². The zero-order chi connectivity index (χ0) is 11.8. The molecule has 1 amide bonds. The summed E-state index contributed by atoms with van der Waals surface area (Å²) in [6.45, 7) is 5.93. The molecule has 1 aromatic carbocycles. The smallest absolute Gasteiger partial charge is 0.254 e. The van der Waals surface area contributed by atoms with Crippen molar-refractivity contribution >= 4 is 12.0 Å². The molecule has 0 spiro atoms. The van der Waals surface area contributed by atoms with Crippen LogP contribution in [-0.2, 0) is 11.3 Å². The van der Waals surface area contributed by atoms with Crippen LogP contribution in [0.15, 0.2) is 24.8 Å². The first kappa shape index (κ1) is 10.5. The number of benzene rings is 1. The predicted octanol–water partition coefficient (Wildman–Crippen LogP) is 2.07. The standard InChI is InChI=1S/C14H15NO2/c1-2-10-4-3-5-12-13(10)8-15(14(12)16)11-6-7-17-9-11/h2-5,11H,1,6-9H2. The minimum absolute atomic E-state index is 0.138. The fourth-order valence-corrected chi connectivity index (χ4v) is 2.63. The van der Waals surface area contributed by atoms with Gasteiger partial charge in [0.05, 0.1) is 12.6 Å². The van der Waals surface area contributed by atoms with Gasteiger partial charge in [-0.1, -0.05) is 24.8 Å². The lowest BCUT2D eigenvalue weighted by atomic mass is 10.0. The van der Waals surface area contributed by atoms with Gasteiger partial charge in [0.2, 0.25) is 0 Å². The van der Waals surface area contributed by atoms with E-state index >= 15 is 0 Å². The van der Waals surface area contributed by atoms with E-state index in [1.807, 2.05) is 29.2 Å². The van der Waals surface area contributed by atoms with Crippen LogP contribution in [0.2, 0.25) is 0 Å². The average Bonchev–Trinajstić information content (AvgIpc) is 2.97. The largest absolute Gasteiger partial charge is 0.379 e. The zero-order valence-corrected chi connectivity index (χ0v) is 9.69. The second kappa shape index (κ2) is 4.00. The van der Waals surface area contributed by atoms with Gasteiger partial charge in [-0.2, -0.15) is 0 Å². The number of carbonyl (C=O) groups is 1. The molecule has 1 saturated heterocycles. The molecule has 0 saturated carbocycles. The molecule has 1 aromatic rings. The normalized spacial score (nSPS) is 22.9. The Labute approximate surface area is 101 Å². The van der Waals surface area contributed by atoms with Crippen molar-refractivity contribution in [2.75, 3.05) is 13.2 Å². The Bertz CT molecular complexity index is 475. The van der Waals surface area contributed by atoms with E-state index in [9.17, 15) is 4.79 Å². The van der Waals surface area contributed by atoms with Crippen LogP contribution in [0.4, 0.5) is 0 Å². The van der Waals surface area contributed by atoms with Gasteiger partial charge in [-0.05, 0) is 23.6 Å². The average molecular weight is 229 g/mol. The molecule has 1 unspecified atom stereocenters. The van der Waals surface area contributed by atoms with Crippen molar-refractivity contribution < 1.29 is 9.53 Å². The first-order valence-corrected chi connectivity index (χ1v) is 5.94. The molecule has 3 heteroatoms. The Balaban J connectivity index is 1.96. The fraction of sp³-hybridized carbons (Fsp3) is 0.357. The highest BCUT2D eigenvalue weighted by molar-refractivity contribution is 5.99. The zero-order valence-electron chi connectivity index (χ0n) is 9.69. The van der Waals surface area contributed by atoms with Gasteiger partial charge in [0.15, 0.2) is 0 Å². The lowest BCUT2D eigenvalue weighted by Gasteiger charge is -2.22. The molecule has 3 rings (SSSR count). The molecule has 0 bridgehead atoms. The summed E-state index contributed by atoms with van der Waals surface area (Å²) >= 11 is 0. The van der Waals surface area contributed by atoms with Crippen molar-refractivity contribution in [3.8, 4) is 0 Å². The van der Waals surface area contributed by atoms with E-state index < -0.39 is 0 Å². The molecule has 0 N–H and O–H groups in total. The van der Waals surface area contributed by atoms with E-state index in [0.29, 0.717) is 13.2 Å². The summed E-state index contributed by atoms with van der Waals surface area (Å²) < 4.78 is 5.36. The van der Waals surface area contributed by atoms with E-state index in [1.54, 1.807) is 0 Å². The van der Waals surface area contributed by atoms with Crippen molar-refractivity contribution in [2.45, 2.75) is 19.0 Å². The van der Waals surface area contributed by atoms with Crippen LogP contribution >= 0.6 is 0 Å². The van der Waals surface area contributed by atoms with Crippen molar-refractivity contribution in [3.05, 3.63) is 41.5 Å². The number of ether oxygens (including phenoxy) is 1. The maximum atomic E-state index is 12.3. The molecule has 88 valence electrons. The molecule has 1 fully saturated rings. The van der Waals surface area contributed by atoms with Gasteiger partial charge in [0, 0.05) is 18.7 Å². The summed E-state index contributed by atoms with van der Waals surface area (Å²) in [7, 11) is 0. The van der Waals surface area contributed by atoms with Crippen LogP contribution in [0.1, 0.15) is 27.9 Å². The maximum Gasteiger partial charge on any atom is 0.254 e. The van der Waals surface area contributed by atoms with Crippen molar-refractivity contribution in [1.82, 2.24) is 4.90 Å². The quantitative estimate of drug-likeness (QED) is 0.777. The highest BCUT2D eigenvalue weighted by atomic mass is 16.5. The minimum Gasteiger partial charge on any atom is -0.379 e. The third kappa shape index (κ3) is 1.58. The molecule has 3 nitrogen and oxygen atoms in total. The highest BCUT2D eigenvalue weighted by Gasteiger charge is 2.35. The number of hydrogen-bond donors (Lipinski definition) is 0. The Morgan fingerprint density at radius 1 is 1.47 bits per heavy atom. The topological polar surface area (TPSA) is 29.5 Å². The van der Waals surface area contributed by atoms with E-state index in [2.05, 4.69) is 6.58 Å². The van der Waals surface area contributed by atoms with Gasteiger partial charge < -0.3 is 9.64 Å². The van der Waals surface area contributed by atoms with Crippen molar-refractivity contribution in [2.24, 2.45) is 0 Å². The number of carbonyl (C=O) groups excluding carboxylic acids is 1. The number of hydrogen-bond acceptors (Lipinski definition) is 2. The summed E-state index contributed by atoms with van der Waals surface area (Å²) in [6.07, 6.45) is 2.77. The van der Waals surface area contributed by atoms with E-state index in [1.165, 1.54) is 0 Å². The lowest BCUT2D eigenvalue weighted by molar-refractivity contribution is 0.0679. The molecule has 0 aromatic heterocycles. The van der Waals surface area contributed by atoms with Gasteiger partial charge in [-0.3, -0.25) is 4.79 Å². The molecule has 2 aliphatic heterocycles. The highest BCUT2D eigenvalue weighted by Crippen LogP contribution is 2.30. The van der Waals surface area contributed by atoms with Crippen molar-refractivity contribution in [1.29, 1.82) is 0 Å². The second-order valence-electron chi connectivity index (χ2n) is 4.53. The lowest BCUT2D eigenvalue weighted by Crippen LogP contribution is -2.35. The van der Waals surface area contributed by atoms with Crippen LogP contribution in [0.3, 0.4) is 0 Å². The molecule has 1 atom stereocenters. The van der Waals surface area contributed by atoms with Crippen LogP contribution in [0, 0.1) is 0 Å². The molecule has 2 heterocycles. The minimum atomic E-state index is 0.138. The van der Waals surface area contributed by atoms with Crippen LogP contribution in [0.5, 0.6) is 0 Å². The maximum absolute atomic E-state index is 12.3. The third-order valence-corrected chi connectivity index (χ3v) is 3.60. The number of amides is 1. The van der Waals surface area contributed by atoms with Gasteiger partial charge in [0.25, 0.3) is 5.91 Å². The third-order valence-electron chi connectivity index (χ3n) is 3.60. The molecular weight excluding hydrogens is 214 g/mol. The van der Waals surface area contributed by atoms with Crippen LogP contribution in [0.25, 0.3) is 6.08 Å². The van der Waals surface area contributed by atoms with Gasteiger partial charge in [-0.15, -0.1) is 0 Å². The Morgan fingerprint density at radius 3 is 3.06 bits per heavy atom. The van der Waals surface area contributed by atoms with E-state index in [0.717, 1.165) is 29.7 Å². The van der Waals surface area contributed by atoms with Gasteiger partial charge >= 0.3 is 0 Å². The number of nitrogens with zero attached hydrogens (tertiary/aromatic N) is 1. The second-order valence-corrected chi connectivity index (χ2v) is 4.53. The summed E-state index contributed by atoms with van der Waals surface area (Å²) in [4.78, 5) is 14.2. The van der Waals surface area contributed by atoms with Gasteiger partial charge in [-0.25, -0.2) is 0 Å². The van der Waals surface area contributed by atoms with Crippen LogP contribution in [-0.4, -0.2) is 30.1 Å². The Hall–Kier alpha value is -1.61. The molecule has 0 aliphatic carbocycles. The SMILES string of the molecule is C=Cc1cccc2c1CN(C1CCOC1)C2=O. The fourth-order valence-electron chi connectivity index (χ4n) is 2.63. The summed E-state index contributed by atoms with van der Waals surface area (Å²) in [5.74, 6) is 0.138. The van der Waals surface area contributed by atoms with Crippen molar-refractivity contribution in [3.63, 3.8) is 0 Å². The van der Waals surface area contributed by atoms with Gasteiger partial charge in [0.1, 0.15) is 0 Å². The first-order chi connectivity index (χ1) is 8.31. The molecule has 17 heavy (non-hydrogen) atoms. The number of rotatable bonds is 2. The Kier molecular flexibility index (Phi) is 2.48. The molecule has 2 aliphatic rings. The molecular formula is C14H15NO2. The molecule has 0 radical (unpaired) electrons. The summed E-state index contributed by atoms with van der Waals surface area (Å²) in [6, 6.07) is 6.07. The monoisotopic (exact) mass is 229 g/mol. The Morgan fingerprint density at radius 2 is 2.35 bits per heavy atom. The van der Waals surface area contributed by atoms with E-state index in [-0.39, 0.29) is 11.9 Å². The summed E-state index contributed by atoms with van der Waals surface area (Å²) in [5.41, 5.74) is 3.01.